The van der Waals surface area contributed by atoms with Gasteiger partial charge in [-0.25, -0.2) is 19.5 Å². The lowest BCUT2D eigenvalue weighted by molar-refractivity contribution is -0.131. The number of alkyl halides is 3. The molecule has 0 bridgehead atoms. The van der Waals surface area contributed by atoms with Crippen LogP contribution in [0.2, 0.25) is 0 Å². The van der Waals surface area contributed by atoms with E-state index in [9.17, 15) is 13.2 Å². The fraction of sp³-hybridized carbons (Fsp3) is 0.429. The number of aryl methyl sites for hydroxylation is 1. The van der Waals surface area contributed by atoms with Crippen LogP contribution >= 0.6 is 0 Å². The number of hydrogen-bond donors (Lipinski definition) is 1. The number of halogens is 3. The van der Waals surface area contributed by atoms with Crippen LogP contribution in [0, 0.1) is 6.92 Å². The maximum Gasteiger partial charge on any atom is 0.390 e. The van der Waals surface area contributed by atoms with Crippen LogP contribution in [0.15, 0.2) is 30.7 Å². The molecule has 0 amide bonds. The first-order valence-corrected chi connectivity index (χ1v) is 10.5. The monoisotopic (exact) mass is 445 g/mol. The van der Waals surface area contributed by atoms with Crippen LogP contribution in [-0.4, -0.2) is 55.1 Å². The zero-order valence-corrected chi connectivity index (χ0v) is 17.4. The van der Waals surface area contributed by atoms with E-state index in [1.54, 1.807) is 23.1 Å². The first kappa shape index (κ1) is 20.7. The summed E-state index contributed by atoms with van der Waals surface area (Å²) in [6.07, 6.45) is 1.83. The van der Waals surface area contributed by atoms with Gasteiger partial charge in [0.1, 0.15) is 5.82 Å². The minimum absolute atomic E-state index is 0.144. The number of aromatic nitrogens is 6. The van der Waals surface area contributed by atoms with E-state index < -0.39 is 12.6 Å². The summed E-state index contributed by atoms with van der Waals surface area (Å²) in [6, 6.07) is 4.29. The topological polar surface area (TPSA) is 82.2 Å². The number of hydrogen-bond acceptors (Lipinski definition) is 6. The Kier molecular flexibility index (Phi) is 5.20. The van der Waals surface area contributed by atoms with Gasteiger partial charge in [-0.05, 0) is 31.9 Å². The third kappa shape index (κ3) is 3.99. The smallest absolute Gasteiger partial charge is 0.381 e. The third-order valence-electron chi connectivity index (χ3n) is 5.70. The molecule has 0 aromatic carbocycles. The first-order valence-electron chi connectivity index (χ1n) is 10.5. The second-order valence-electron chi connectivity index (χ2n) is 7.87. The highest BCUT2D eigenvalue weighted by atomic mass is 19.4. The van der Waals surface area contributed by atoms with E-state index in [2.05, 4.69) is 36.0 Å². The van der Waals surface area contributed by atoms with E-state index in [4.69, 9.17) is 4.74 Å². The van der Waals surface area contributed by atoms with E-state index in [0.717, 1.165) is 54.0 Å². The highest BCUT2D eigenvalue weighted by Gasteiger charge is 2.26. The molecule has 1 N–H and O–H groups in total. The lowest BCUT2D eigenvalue weighted by Crippen LogP contribution is -2.20. The summed E-state index contributed by atoms with van der Waals surface area (Å²) < 4.78 is 46.4. The Morgan fingerprint density at radius 2 is 1.97 bits per heavy atom. The molecule has 8 nitrogen and oxygen atoms in total. The van der Waals surface area contributed by atoms with Crippen molar-refractivity contribution in [1.29, 1.82) is 0 Å². The van der Waals surface area contributed by atoms with Crippen molar-refractivity contribution in [3.05, 3.63) is 36.5 Å². The van der Waals surface area contributed by atoms with E-state index in [0.29, 0.717) is 11.7 Å². The van der Waals surface area contributed by atoms with Crippen molar-refractivity contribution < 1.29 is 17.9 Å². The van der Waals surface area contributed by atoms with Crippen LogP contribution in [0.1, 0.15) is 31.1 Å². The third-order valence-corrected chi connectivity index (χ3v) is 5.70. The second kappa shape index (κ2) is 8.05. The Hall–Kier alpha value is -3.21. The molecule has 0 atom stereocenters. The van der Waals surface area contributed by atoms with Gasteiger partial charge in [0, 0.05) is 49.3 Å². The fourth-order valence-electron chi connectivity index (χ4n) is 4.18. The van der Waals surface area contributed by atoms with Crippen LogP contribution in [0.3, 0.4) is 0 Å². The molecule has 168 valence electrons. The van der Waals surface area contributed by atoms with Crippen LogP contribution in [-0.2, 0) is 4.74 Å². The van der Waals surface area contributed by atoms with Gasteiger partial charge in [-0.15, -0.1) is 5.10 Å². The molecular weight excluding hydrogens is 423 g/mol. The van der Waals surface area contributed by atoms with Crippen LogP contribution < -0.4 is 5.32 Å². The van der Waals surface area contributed by atoms with Crippen molar-refractivity contribution in [2.75, 3.05) is 25.1 Å². The Morgan fingerprint density at radius 1 is 1.16 bits per heavy atom. The Bertz CT molecular complexity index is 1260. The summed E-state index contributed by atoms with van der Waals surface area (Å²) in [5.41, 5.74) is 4.20. The largest absolute Gasteiger partial charge is 0.390 e. The van der Waals surface area contributed by atoms with Crippen molar-refractivity contribution in [3.63, 3.8) is 0 Å². The van der Waals surface area contributed by atoms with Gasteiger partial charge < -0.3 is 14.6 Å². The van der Waals surface area contributed by atoms with Crippen molar-refractivity contribution in [3.8, 4) is 11.1 Å². The molecule has 1 aliphatic rings. The molecule has 1 fully saturated rings. The van der Waals surface area contributed by atoms with Gasteiger partial charge in [0.05, 0.1) is 23.7 Å². The summed E-state index contributed by atoms with van der Waals surface area (Å²) in [5, 5.41) is 6.89. The molecule has 4 aromatic heterocycles. The summed E-state index contributed by atoms with van der Waals surface area (Å²) in [7, 11) is 0. The number of nitrogens with zero attached hydrogens (tertiary/aromatic N) is 6. The normalized spacial score (nSPS) is 15.6. The SMILES string of the molecule is Cc1nc2ncc(-c3ccn4nc(NCCC(F)(F)F)ncc34)cc2n1C1CCOCC1. The van der Waals surface area contributed by atoms with Crippen LogP contribution in [0.4, 0.5) is 19.1 Å². The average molecular weight is 445 g/mol. The van der Waals surface area contributed by atoms with Gasteiger partial charge in [-0.1, -0.05) is 0 Å². The van der Waals surface area contributed by atoms with Gasteiger partial charge in [-0.2, -0.15) is 13.2 Å². The summed E-state index contributed by atoms with van der Waals surface area (Å²) >= 11 is 0. The number of rotatable bonds is 5. The van der Waals surface area contributed by atoms with Gasteiger partial charge in [0.2, 0.25) is 5.95 Å². The molecule has 32 heavy (non-hydrogen) atoms. The molecule has 0 aliphatic carbocycles. The molecule has 5 rings (SSSR count). The lowest BCUT2D eigenvalue weighted by atomic mass is 10.1. The zero-order chi connectivity index (χ0) is 22.3. The van der Waals surface area contributed by atoms with E-state index in [1.807, 2.05) is 13.0 Å². The van der Waals surface area contributed by atoms with Crippen molar-refractivity contribution in [2.24, 2.45) is 0 Å². The van der Waals surface area contributed by atoms with Crippen molar-refractivity contribution >= 4 is 22.6 Å². The van der Waals surface area contributed by atoms with Gasteiger partial charge in [0.15, 0.2) is 5.65 Å². The molecule has 1 saturated heterocycles. The number of anilines is 1. The molecule has 4 aromatic rings. The first-order chi connectivity index (χ1) is 15.4. The number of nitrogens with one attached hydrogen (secondary N) is 1. The number of ether oxygens (including phenoxy) is 1. The van der Waals surface area contributed by atoms with Crippen molar-refractivity contribution in [2.45, 2.75) is 38.4 Å². The lowest BCUT2D eigenvalue weighted by Gasteiger charge is -2.25. The maximum absolute atomic E-state index is 12.4. The molecule has 1 aliphatic heterocycles. The predicted octanol–water partition coefficient (Wildman–Crippen LogP) is 4.17. The minimum Gasteiger partial charge on any atom is -0.381 e. The molecular formula is C21H22F3N7O. The number of imidazole rings is 1. The van der Waals surface area contributed by atoms with Crippen LogP contribution in [0.25, 0.3) is 27.8 Å². The van der Waals surface area contributed by atoms with E-state index in [-0.39, 0.29) is 12.5 Å². The molecule has 0 radical (unpaired) electrons. The van der Waals surface area contributed by atoms with Crippen molar-refractivity contribution in [1.82, 2.24) is 29.1 Å². The summed E-state index contributed by atoms with van der Waals surface area (Å²) in [4.78, 5) is 13.4. The molecule has 0 spiro atoms. The average Bonchev–Trinajstić information content (AvgIpc) is 3.32. The van der Waals surface area contributed by atoms with E-state index in [1.165, 1.54) is 0 Å². The highest BCUT2D eigenvalue weighted by Crippen LogP contribution is 2.31. The highest BCUT2D eigenvalue weighted by molar-refractivity contribution is 5.85. The molecule has 0 saturated carbocycles. The minimum atomic E-state index is -4.22. The molecule has 11 heteroatoms. The summed E-state index contributed by atoms with van der Waals surface area (Å²) in [5.74, 6) is 1.07. The standard InChI is InChI=1S/C21H22F3N7O/c1-13-28-19-17(31(13)15-3-8-32-9-4-15)10-14(11-26-19)16-2-7-30-18(16)12-27-20(29-30)25-6-5-21(22,23)24/h2,7,10-12,15H,3-6,8-9H2,1H3,(H,25,29). The van der Waals surface area contributed by atoms with Gasteiger partial charge >= 0.3 is 6.18 Å². The molecule has 0 unspecified atom stereocenters. The van der Waals surface area contributed by atoms with Crippen LogP contribution in [0.5, 0.6) is 0 Å². The number of pyridine rings is 1. The predicted molar refractivity (Wildman–Crippen MR) is 112 cm³/mol. The maximum atomic E-state index is 12.4. The Morgan fingerprint density at radius 3 is 2.75 bits per heavy atom. The van der Waals surface area contributed by atoms with Gasteiger partial charge in [-0.3, -0.25) is 0 Å². The Labute approximate surface area is 181 Å². The Balaban J connectivity index is 1.46. The molecule has 5 heterocycles. The zero-order valence-electron chi connectivity index (χ0n) is 17.4. The van der Waals surface area contributed by atoms with E-state index >= 15 is 0 Å². The second-order valence-corrected chi connectivity index (χ2v) is 7.87. The summed E-state index contributed by atoms with van der Waals surface area (Å²) in [6.45, 7) is 3.18. The number of fused-ring (bicyclic) bond motifs is 2. The van der Waals surface area contributed by atoms with Gasteiger partial charge in [0.25, 0.3) is 0 Å². The quantitative estimate of drug-likeness (QED) is 0.497. The fourth-order valence-corrected chi connectivity index (χ4v) is 4.18.